The molecule has 0 rings (SSSR count). The predicted molar refractivity (Wildman–Crippen MR) is 148 cm³/mol. The number of amides is 1. The summed E-state index contributed by atoms with van der Waals surface area (Å²) < 4.78 is 31.9. The van der Waals surface area contributed by atoms with Gasteiger partial charge in [-0.15, -0.1) is 0 Å². The molecule has 8 heteroatoms. The largest absolute Gasteiger partial charge is 0.387 e. The Morgan fingerprint density at radius 2 is 1.22 bits per heavy atom. The molecule has 3 unspecified atom stereocenters. The Labute approximate surface area is 220 Å². The van der Waals surface area contributed by atoms with Gasteiger partial charge in [0.15, 0.2) is 0 Å². The van der Waals surface area contributed by atoms with E-state index in [1.54, 1.807) is 6.08 Å². The maximum absolute atomic E-state index is 12.3. The molecule has 0 aromatic carbocycles. The third-order valence-electron chi connectivity index (χ3n) is 6.23. The van der Waals surface area contributed by atoms with E-state index >= 15 is 0 Å². The van der Waals surface area contributed by atoms with Crippen molar-refractivity contribution < 1.29 is 28.0 Å². The fourth-order valence-corrected chi connectivity index (χ4v) is 4.71. The number of allylic oxidation sites excluding steroid dienone is 3. The number of aliphatic hydroxyl groups excluding tert-OH is 2. The molecule has 212 valence electrons. The first-order valence-electron chi connectivity index (χ1n) is 14.1. The smallest absolute Gasteiger partial charge is 0.267 e. The van der Waals surface area contributed by atoms with Gasteiger partial charge in [-0.05, 0) is 44.9 Å². The van der Waals surface area contributed by atoms with Crippen LogP contribution in [0.15, 0.2) is 24.3 Å². The summed E-state index contributed by atoms with van der Waals surface area (Å²) in [4.78, 5) is 12.3. The lowest BCUT2D eigenvalue weighted by molar-refractivity contribution is -0.130. The van der Waals surface area contributed by atoms with Gasteiger partial charge in [-0.2, -0.15) is 8.42 Å². The highest BCUT2D eigenvalue weighted by Crippen LogP contribution is 2.12. The molecule has 0 aliphatic carbocycles. The number of unbranched alkanes of at least 4 members (excludes halogenated alkanes) is 13. The number of aliphatic hydroxyl groups is 2. The standard InChI is InChI=1S/C28H53NO6S/c1-3-5-7-9-10-11-12-13-14-15-16-17-19-21-23-27(31)28(32)29-25(24-36(33,34)35)26(30)22-20-18-8-6-4-2/h11-12,20,22,25-27,30-31H,3-10,13-19,21,23-24H2,1-2H3,(H,29,32)(H,33,34,35)/b12-11-,22-20+. The van der Waals surface area contributed by atoms with E-state index in [0.29, 0.717) is 6.42 Å². The van der Waals surface area contributed by atoms with Gasteiger partial charge in [0.1, 0.15) is 6.10 Å². The zero-order chi connectivity index (χ0) is 27.1. The first-order chi connectivity index (χ1) is 17.2. The molecule has 0 heterocycles. The van der Waals surface area contributed by atoms with Crippen molar-refractivity contribution in [2.75, 3.05) is 5.75 Å². The Kier molecular flexibility index (Phi) is 22.2. The van der Waals surface area contributed by atoms with Crippen LogP contribution in [0.2, 0.25) is 0 Å². The average Bonchev–Trinajstić information content (AvgIpc) is 2.82. The molecule has 0 spiro atoms. The van der Waals surface area contributed by atoms with Crippen molar-refractivity contribution in [2.24, 2.45) is 0 Å². The molecule has 7 nitrogen and oxygen atoms in total. The van der Waals surface area contributed by atoms with E-state index < -0.39 is 40.0 Å². The molecule has 0 saturated carbocycles. The van der Waals surface area contributed by atoms with E-state index in [2.05, 4.69) is 31.3 Å². The summed E-state index contributed by atoms with van der Waals surface area (Å²) in [6.07, 6.45) is 22.9. The van der Waals surface area contributed by atoms with Gasteiger partial charge in [0.25, 0.3) is 10.1 Å². The van der Waals surface area contributed by atoms with Crippen molar-refractivity contribution >= 4 is 16.0 Å². The highest BCUT2D eigenvalue weighted by Gasteiger charge is 2.27. The SMILES string of the molecule is CCCCC/C=C/C(O)C(CS(=O)(=O)O)NC(=O)C(O)CCCCCCCC/C=C\CCCCCC. The first kappa shape index (κ1) is 34.8. The zero-order valence-corrected chi connectivity index (χ0v) is 23.6. The Balaban J connectivity index is 4.15. The third-order valence-corrected chi connectivity index (χ3v) is 7.01. The number of carbonyl (C=O) groups is 1. The molecule has 0 fully saturated rings. The minimum Gasteiger partial charge on any atom is -0.387 e. The van der Waals surface area contributed by atoms with Gasteiger partial charge < -0.3 is 15.5 Å². The minimum absolute atomic E-state index is 0.272. The molecule has 36 heavy (non-hydrogen) atoms. The van der Waals surface area contributed by atoms with Crippen molar-refractivity contribution in [2.45, 2.75) is 141 Å². The van der Waals surface area contributed by atoms with Crippen LogP contribution in [0, 0.1) is 0 Å². The van der Waals surface area contributed by atoms with Crippen LogP contribution < -0.4 is 5.32 Å². The van der Waals surface area contributed by atoms with E-state index in [4.69, 9.17) is 0 Å². The van der Waals surface area contributed by atoms with Gasteiger partial charge in [-0.3, -0.25) is 9.35 Å². The number of hydrogen-bond donors (Lipinski definition) is 4. The molecule has 0 aromatic rings. The maximum atomic E-state index is 12.3. The molecule has 0 aromatic heterocycles. The monoisotopic (exact) mass is 531 g/mol. The van der Waals surface area contributed by atoms with Crippen LogP contribution in [0.25, 0.3) is 0 Å². The average molecular weight is 532 g/mol. The topological polar surface area (TPSA) is 124 Å². The zero-order valence-electron chi connectivity index (χ0n) is 22.7. The molecule has 0 radical (unpaired) electrons. The number of rotatable bonds is 24. The molecule has 3 atom stereocenters. The summed E-state index contributed by atoms with van der Waals surface area (Å²) in [6, 6.07) is -1.23. The predicted octanol–water partition coefficient (Wildman–Crippen LogP) is 5.86. The van der Waals surface area contributed by atoms with Crippen LogP contribution in [0.3, 0.4) is 0 Å². The van der Waals surface area contributed by atoms with Crippen LogP contribution in [-0.2, 0) is 14.9 Å². The van der Waals surface area contributed by atoms with Gasteiger partial charge in [-0.25, -0.2) is 0 Å². The van der Waals surface area contributed by atoms with Crippen molar-refractivity contribution in [3.8, 4) is 0 Å². The Bertz CT molecular complexity index is 692. The molecule has 0 aliphatic rings. The fraction of sp³-hybridized carbons (Fsp3) is 0.821. The highest BCUT2D eigenvalue weighted by molar-refractivity contribution is 7.85. The summed E-state index contributed by atoms with van der Waals surface area (Å²) >= 11 is 0. The number of hydrogen-bond acceptors (Lipinski definition) is 5. The van der Waals surface area contributed by atoms with E-state index in [1.807, 2.05) is 0 Å². The van der Waals surface area contributed by atoms with E-state index in [1.165, 1.54) is 51.0 Å². The van der Waals surface area contributed by atoms with Gasteiger partial charge in [0, 0.05) is 0 Å². The Hall–Kier alpha value is -1.22. The molecule has 1 amide bonds. The van der Waals surface area contributed by atoms with E-state index in [9.17, 15) is 28.0 Å². The minimum atomic E-state index is -4.42. The molecule has 0 aliphatic heterocycles. The van der Waals surface area contributed by atoms with Crippen molar-refractivity contribution in [1.29, 1.82) is 0 Å². The van der Waals surface area contributed by atoms with Crippen LogP contribution in [0.4, 0.5) is 0 Å². The number of carbonyl (C=O) groups excluding carboxylic acids is 1. The summed E-state index contributed by atoms with van der Waals surface area (Å²) in [6.45, 7) is 4.31. The lowest BCUT2D eigenvalue weighted by Gasteiger charge is -2.22. The van der Waals surface area contributed by atoms with Crippen LogP contribution in [0.5, 0.6) is 0 Å². The number of nitrogens with one attached hydrogen (secondary N) is 1. The van der Waals surface area contributed by atoms with Crippen LogP contribution >= 0.6 is 0 Å². The second-order valence-corrected chi connectivity index (χ2v) is 11.3. The molecule has 0 bridgehead atoms. The van der Waals surface area contributed by atoms with Gasteiger partial charge in [0.05, 0.1) is 17.9 Å². The quantitative estimate of drug-likeness (QED) is 0.0702. The summed E-state index contributed by atoms with van der Waals surface area (Å²) in [5, 5.41) is 22.9. The van der Waals surface area contributed by atoms with Crippen molar-refractivity contribution in [3.63, 3.8) is 0 Å². The first-order valence-corrected chi connectivity index (χ1v) is 15.8. The molecular weight excluding hydrogens is 478 g/mol. The van der Waals surface area contributed by atoms with Crippen LogP contribution in [0.1, 0.15) is 123 Å². The Morgan fingerprint density at radius 1 is 0.750 bits per heavy atom. The second kappa shape index (κ2) is 22.9. The van der Waals surface area contributed by atoms with E-state index in [-0.39, 0.29) is 6.42 Å². The highest BCUT2D eigenvalue weighted by atomic mass is 32.2. The molecule has 4 N–H and O–H groups in total. The lowest BCUT2D eigenvalue weighted by Crippen LogP contribution is -2.50. The normalized spacial score (nSPS) is 14.9. The summed E-state index contributed by atoms with van der Waals surface area (Å²) in [5.74, 6) is -1.55. The molecular formula is C28H53NO6S. The van der Waals surface area contributed by atoms with Crippen LogP contribution in [-0.4, -0.2) is 53.1 Å². The third kappa shape index (κ3) is 22.0. The van der Waals surface area contributed by atoms with Crippen molar-refractivity contribution in [1.82, 2.24) is 5.32 Å². The van der Waals surface area contributed by atoms with Gasteiger partial charge >= 0.3 is 0 Å². The van der Waals surface area contributed by atoms with Gasteiger partial charge in [0.2, 0.25) is 5.91 Å². The van der Waals surface area contributed by atoms with Gasteiger partial charge in [-0.1, -0.05) is 102 Å². The fourth-order valence-electron chi connectivity index (χ4n) is 3.98. The lowest BCUT2D eigenvalue weighted by atomic mass is 10.0. The maximum Gasteiger partial charge on any atom is 0.267 e. The molecule has 0 saturated heterocycles. The summed E-state index contributed by atoms with van der Waals surface area (Å²) in [5.41, 5.74) is 0. The van der Waals surface area contributed by atoms with E-state index in [0.717, 1.165) is 51.4 Å². The van der Waals surface area contributed by atoms with Crippen molar-refractivity contribution in [3.05, 3.63) is 24.3 Å². The summed E-state index contributed by atoms with van der Waals surface area (Å²) in [7, 11) is -4.42. The Morgan fingerprint density at radius 3 is 1.81 bits per heavy atom. The second-order valence-electron chi connectivity index (χ2n) is 9.81.